The summed E-state index contributed by atoms with van der Waals surface area (Å²) in [6, 6.07) is 12.8. The van der Waals surface area contributed by atoms with E-state index in [9.17, 15) is 19.2 Å². The number of carbonyl (C=O) groups excluding carboxylic acids is 4. The first-order valence-corrected chi connectivity index (χ1v) is 14.7. The molecule has 2 aromatic rings. The fourth-order valence-electron chi connectivity index (χ4n) is 5.95. The van der Waals surface area contributed by atoms with Crippen LogP contribution in [-0.4, -0.2) is 89.6 Å². The maximum atomic E-state index is 13.9. The highest BCUT2D eigenvalue weighted by molar-refractivity contribution is 6.42. The average Bonchev–Trinajstić information content (AvgIpc) is 3.36. The maximum Gasteiger partial charge on any atom is 0.309 e. The lowest BCUT2D eigenvalue weighted by Gasteiger charge is -2.45. The van der Waals surface area contributed by atoms with Gasteiger partial charge in [-0.25, -0.2) is 0 Å². The lowest BCUT2D eigenvalue weighted by atomic mass is 9.94. The minimum Gasteiger partial charge on any atom is -0.466 e. The summed E-state index contributed by atoms with van der Waals surface area (Å²) in [5.41, 5.74) is -0.130. The Bertz CT molecular complexity index is 1310. The molecule has 0 aromatic heterocycles. The van der Waals surface area contributed by atoms with Gasteiger partial charge in [-0.15, -0.1) is 0 Å². The van der Waals surface area contributed by atoms with E-state index in [1.165, 1.54) is 0 Å². The van der Waals surface area contributed by atoms with E-state index in [4.69, 9.17) is 32.7 Å². The molecule has 0 radical (unpaired) electrons. The Morgan fingerprint density at radius 3 is 2.20 bits per heavy atom. The van der Waals surface area contributed by atoms with Crippen molar-refractivity contribution in [1.29, 1.82) is 0 Å². The molecule has 0 bridgehead atoms. The lowest BCUT2D eigenvalue weighted by molar-refractivity contribution is -0.152. The largest absolute Gasteiger partial charge is 0.466 e. The van der Waals surface area contributed by atoms with E-state index in [-0.39, 0.29) is 36.2 Å². The van der Waals surface area contributed by atoms with Crippen LogP contribution in [0.15, 0.2) is 48.5 Å². The van der Waals surface area contributed by atoms with Crippen molar-refractivity contribution in [3.63, 3.8) is 0 Å². The van der Waals surface area contributed by atoms with Crippen LogP contribution in [0.1, 0.15) is 53.3 Å². The molecule has 0 saturated carbocycles. The second-order valence-corrected chi connectivity index (χ2v) is 11.4. The quantitative estimate of drug-likeness (QED) is 0.475. The van der Waals surface area contributed by atoms with Crippen molar-refractivity contribution >= 4 is 46.9 Å². The van der Waals surface area contributed by atoms with Gasteiger partial charge < -0.3 is 19.3 Å². The fourth-order valence-corrected chi connectivity index (χ4v) is 6.25. The molecule has 1 spiro atoms. The van der Waals surface area contributed by atoms with Crippen LogP contribution in [0.2, 0.25) is 10.0 Å². The Morgan fingerprint density at radius 2 is 1.56 bits per heavy atom. The van der Waals surface area contributed by atoms with Gasteiger partial charge in [0.05, 0.1) is 29.2 Å². The van der Waals surface area contributed by atoms with Crippen molar-refractivity contribution in [2.45, 2.75) is 44.4 Å². The smallest absolute Gasteiger partial charge is 0.309 e. The first-order valence-electron chi connectivity index (χ1n) is 14.0. The number of esters is 1. The van der Waals surface area contributed by atoms with E-state index in [0.29, 0.717) is 79.6 Å². The summed E-state index contributed by atoms with van der Waals surface area (Å²) < 4.78 is 11.5. The van der Waals surface area contributed by atoms with Crippen molar-refractivity contribution < 1.29 is 28.7 Å². The molecule has 1 atom stereocenters. The van der Waals surface area contributed by atoms with Gasteiger partial charge in [0.1, 0.15) is 11.8 Å². The number of halogens is 2. The van der Waals surface area contributed by atoms with Gasteiger partial charge in [0.15, 0.2) is 0 Å². The molecule has 3 aliphatic heterocycles. The Morgan fingerprint density at radius 1 is 0.878 bits per heavy atom. The van der Waals surface area contributed by atoms with Gasteiger partial charge in [-0.2, -0.15) is 0 Å². The Hall–Kier alpha value is -3.14. The zero-order chi connectivity index (χ0) is 29.1. The zero-order valence-corrected chi connectivity index (χ0v) is 24.4. The van der Waals surface area contributed by atoms with E-state index in [2.05, 4.69) is 0 Å². The highest BCUT2D eigenvalue weighted by Gasteiger charge is 2.55. The summed E-state index contributed by atoms with van der Waals surface area (Å²) in [5, 5.41) is 0.675. The van der Waals surface area contributed by atoms with Gasteiger partial charge in [-0.1, -0.05) is 41.4 Å². The molecule has 218 valence electrons. The van der Waals surface area contributed by atoms with E-state index in [0.717, 1.165) is 0 Å². The molecule has 3 amide bonds. The van der Waals surface area contributed by atoms with Crippen molar-refractivity contribution in [3.05, 3.63) is 69.7 Å². The Balaban J connectivity index is 1.33. The van der Waals surface area contributed by atoms with Crippen LogP contribution < -0.4 is 0 Å². The zero-order valence-electron chi connectivity index (χ0n) is 22.9. The van der Waals surface area contributed by atoms with Gasteiger partial charge in [-0.3, -0.25) is 24.1 Å². The molecule has 0 unspecified atom stereocenters. The van der Waals surface area contributed by atoms with Crippen LogP contribution >= 0.6 is 23.2 Å². The summed E-state index contributed by atoms with van der Waals surface area (Å²) in [7, 11) is 0. The number of likely N-dealkylation sites (tertiary alicyclic amines) is 2. The first-order chi connectivity index (χ1) is 19.7. The maximum absolute atomic E-state index is 13.9. The average molecular weight is 603 g/mol. The molecular weight excluding hydrogens is 569 g/mol. The molecule has 9 nitrogen and oxygen atoms in total. The summed E-state index contributed by atoms with van der Waals surface area (Å²) in [5.74, 6) is -1.13. The molecule has 11 heteroatoms. The number of piperidine rings is 2. The van der Waals surface area contributed by atoms with Crippen LogP contribution in [0.5, 0.6) is 0 Å². The van der Waals surface area contributed by atoms with Crippen molar-refractivity contribution in [2.24, 2.45) is 5.92 Å². The minimum absolute atomic E-state index is 0.0654. The molecular formula is C30H33Cl2N3O6. The number of hydrogen-bond acceptors (Lipinski definition) is 6. The molecule has 3 fully saturated rings. The van der Waals surface area contributed by atoms with E-state index < -0.39 is 11.8 Å². The highest BCUT2D eigenvalue weighted by Crippen LogP contribution is 2.40. The number of amides is 3. The van der Waals surface area contributed by atoms with Crippen molar-refractivity contribution in [1.82, 2.24) is 14.7 Å². The number of ether oxygens (including phenoxy) is 2. The van der Waals surface area contributed by atoms with E-state index >= 15 is 0 Å². The number of rotatable bonds is 5. The van der Waals surface area contributed by atoms with Gasteiger partial charge in [0.25, 0.3) is 11.8 Å². The molecule has 0 N–H and O–H groups in total. The molecule has 2 aromatic carbocycles. The molecule has 3 saturated heterocycles. The van der Waals surface area contributed by atoms with Gasteiger partial charge in [-0.05, 0) is 50.1 Å². The number of nitrogens with zero attached hydrogens (tertiary/aromatic N) is 3. The monoisotopic (exact) mass is 601 g/mol. The van der Waals surface area contributed by atoms with Gasteiger partial charge in [0, 0.05) is 50.1 Å². The minimum atomic E-state index is -1.02. The number of carbonyl (C=O) groups is 4. The van der Waals surface area contributed by atoms with Crippen molar-refractivity contribution in [3.8, 4) is 0 Å². The third kappa shape index (κ3) is 5.94. The standard InChI is InChI=1S/C30H33Cl2N3O6/c1-2-40-29(39)21-10-14-33(15-11-21)28(38)25-19-41-30(35(25)27(37)20-6-4-3-5-7-20)12-16-34(17-13-30)26(36)22-8-9-23(31)24(32)18-22/h3-9,18,21,25H,2,10-17,19H2,1H3/t25-/m0/s1. The van der Waals surface area contributed by atoms with E-state index in [1.807, 2.05) is 6.07 Å². The highest BCUT2D eigenvalue weighted by atomic mass is 35.5. The van der Waals surface area contributed by atoms with Crippen LogP contribution in [0, 0.1) is 5.92 Å². The number of hydrogen-bond donors (Lipinski definition) is 0. The normalized spacial score (nSPS) is 20.8. The van der Waals surface area contributed by atoms with Gasteiger partial charge in [0.2, 0.25) is 5.91 Å². The van der Waals surface area contributed by atoms with Crippen LogP contribution in [0.3, 0.4) is 0 Å². The lowest BCUT2D eigenvalue weighted by Crippen LogP contribution is -2.60. The summed E-state index contributed by atoms with van der Waals surface area (Å²) in [4.78, 5) is 58.2. The van der Waals surface area contributed by atoms with Crippen molar-refractivity contribution in [2.75, 3.05) is 39.4 Å². The molecule has 41 heavy (non-hydrogen) atoms. The second kappa shape index (κ2) is 12.4. The number of benzene rings is 2. The van der Waals surface area contributed by atoms with E-state index in [1.54, 1.807) is 64.1 Å². The molecule has 0 aliphatic carbocycles. The third-order valence-corrected chi connectivity index (χ3v) is 8.95. The topological polar surface area (TPSA) is 96.5 Å². The fraction of sp³-hybridized carbons (Fsp3) is 0.467. The summed E-state index contributed by atoms with van der Waals surface area (Å²) >= 11 is 12.1. The summed E-state index contributed by atoms with van der Waals surface area (Å²) in [6.07, 6.45) is 1.74. The van der Waals surface area contributed by atoms with Crippen LogP contribution in [0.25, 0.3) is 0 Å². The van der Waals surface area contributed by atoms with Gasteiger partial charge >= 0.3 is 5.97 Å². The first kappa shape index (κ1) is 29.4. The molecule has 3 heterocycles. The Labute approximate surface area is 249 Å². The predicted octanol–water partition coefficient (Wildman–Crippen LogP) is 4.27. The SMILES string of the molecule is CCOC(=O)C1CCN(C(=O)[C@@H]2COC3(CCN(C(=O)c4ccc(Cl)c(Cl)c4)CC3)N2C(=O)c2ccccc2)CC1. The summed E-state index contributed by atoms with van der Waals surface area (Å²) in [6.45, 7) is 3.66. The van der Waals surface area contributed by atoms with Crippen LogP contribution in [0.4, 0.5) is 0 Å². The van der Waals surface area contributed by atoms with Crippen LogP contribution in [-0.2, 0) is 19.1 Å². The molecule has 5 rings (SSSR count). The Kier molecular flexibility index (Phi) is 8.87. The second-order valence-electron chi connectivity index (χ2n) is 10.6. The molecule has 3 aliphatic rings. The predicted molar refractivity (Wildman–Crippen MR) is 153 cm³/mol. The third-order valence-electron chi connectivity index (χ3n) is 8.21.